The molecule has 4 rings (SSSR count). The molecule has 1 amide bonds. The van der Waals surface area contributed by atoms with E-state index in [1.54, 1.807) is 12.1 Å². The smallest absolute Gasteiger partial charge is 0.335 e. The molecule has 31 heavy (non-hydrogen) atoms. The van der Waals surface area contributed by atoms with Crippen LogP contribution in [0.25, 0.3) is 10.9 Å². The van der Waals surface area contributed by atoms with Gasteiger partial charge in [0.25, 0.3) is 5.91 Å². The molecular weight excluding hydrogens is 414 g/mol. The van der Waals surface area contributed by atoms with Gasteiger partial charge in [0.1, 0.15) is 0 Å². The maximum Gasteiger partial charge on any atom is 0.335 e. The van der Waals surface area contributed by atoms with Crippen LogP contribution in [0.3, 0.4) is 0 Å². The van der Waals surface area contributed by atoms with E-state index in [1.807, 2.05) is 59.3 Å². The third kappa shape index (κ3) is 4.65. The molecule has 0 aliphatic heterocycles. The molecule has 0 saturated heterocycles. The van der Waals surface area contributed by atoms with E-state index in [0.29, 0.717) is 22.7 Å². The van der Waals surface area contributed by atoms with Gasteiger partial charge >= 0.3 is 5.97 Å². The van der Waals surface area contributed by atoms with Crippen LogP contribution in [0.2, 0.25) is 5.02 Å². The highest BCUT2D eigenvalue weighted by Gasteiger charge is 2.14. The first-order chi connectivity index (χ1) is 15.0. The number of carboxylic acids is 1. The van der Waals surface area contributed by atoms with Gasteiger partial charge in [-0.05, 0) is 41.5 Å². The molecule has 1 heterocycles. The zero-order valence-corrected chi connectivity index (χ0v) is 17.1. The van der Waals surface area contributed by atoms with Gasteiger partial charge in [0.05, 0.1) is 17.3 Å². The van der Waals surface area contributed by atoms with Gasteiger partial charge in [-0.1, -0.05) is 54.1 Å². The lowest BCUT2D eigenvalue weighted by Crippen LogP contribution is -2.17. The summed E-state index contributed by atoms with van der Waals surface area (Å²) in [5, 5.41) is 14.5. The highest BCUT2D eigenvalue weighted by atomic mass is 35.5. The monoisotopic (exact) mass is 431 g/mol. The molecule has 0 unspecified atom stereocenters. The summed E-state index contributed by atoms with van der Waals surface area (Å²) < 4.78 is 2.02. The Labute approximate surface area is 183 Å². The van der Waals surface area contributed by atoms with Gasteiger partial charge in [-0.3, -0.25) is 4.79 Å². The van der Waals surface area contributed by atoms with Crippen LogP contribution >= 0.6 is 11.6 Å². The number of para-hydroxylation sites is 1. The molecule has 0 bridgehead atoms. The van der Waals surface area contributed by atoms with Crippen molar-refractivity contribution in [1.82, 2.24) is 9.99 Å². The van der Waals surface area contributed by atoms with Crippen molar-refractivity contribution in [2.24, 2.45) is 5.10 Å². The summed E-state index contributed by atoms with van der Waals surface area (Å²) in [7, 11) is 0. The van der Waals surface area contributed by atoms with Crippen LogP contribution in [-0.4, -0.2) is 27.8 Å². The standard InChI is InChI=1S/C24H18ClN3O3/c25-19-11-7-17(8-12-19)14-28-15-21(20-3-1-2-4-22(20)28)23(29)27-26-13-16-5-9-18(10-6-16)24(30)31/h1-13,15H,14H2,(H,27,29)(H,30,31)/b26-13+. The van der Waals surface area contributed by atoms with E-state index in [4.69, 9.17) is 16.7 Å². The summed E-state index contributed by atoms with van der Waals surface area (Å²) in [6, 6.07) is 21.5. The molecule has 3 aromatic carbocycles. The van der Waals surface area contributed by atoms with Crippen LogP contribution in [0.1, 0.15) is 31.8 Å². The van der Waals surface area contributed by atoms with Gasteiger partial charge in [-0.15, -0.1) is 0 Å². The van der Waals surface area contributed by atoms with E-state index in [0.717, 1.165) is 16.5 Å². The summed E-state index contributed by atoms with van der Waals surface area (Å²) in [5.74, 6) is -1.32. The predicted octanol–water partition coefficient (Wildman–Crippen LogP) is 4.81. The summed E-state index contributed by atoms with van der Waals surface area (Å²) in [5.41, 5.74) is 5.94. The fraction of sp³-hybridized carbons (Fsp3) is 0.0417. The average molecular weight is 432 g/mol. The maximum absolute atomic E-state index is 12.8. The Balaban J connectivity index is 1.53. The zero-order chi connectivity index (χ0) is 21.8. The number of fused-ring (bicyclic) bond motifs is 1. The fourth-order valence-corrected chi connectivity index (χ4v) is 3.41. The molecular formula is C24H18ClN3O3. The van der Waals surface area contributed by atoms with Crippen molar-refractivity contribution < 1.29 is 14.7 Å². The largest absolute Gasteiger partial charge is 0.478 e. The number of rotatable bonds is 6. The lowest BCUT2D eigenvalue weighted by Gasteiger charge is -2.05. The molecule has 0 fully saturated rings. The number of hydrogen-bond donors (Lipinski definition) is 2. The maximum atomic E-state index is 12.8. The van der Waals surface area contributed by atoms with Crippen LogP contribution in [0.4, 0.5) is 0 Å². The minimum absolute atomic E-state index is 0.190. The van der Waals surface area contributed by atoms with Gasteiger partial charge < -0.3 is 9.67 Å². The van der Waals surface area contributed by atoms with Gasteiger partial charge in [0, 0.05) is 28.7 Å². The molecule has 0 aliphatic carbocycles. The van der Waals surface area contributed by atoms with Gasteiger partial charge in [0.2, 0.25) is 0 Å². The van der Waals surface area contributed by atoms with Crippen molar-refractivity contribution in [3.63, 3.8) is 0 Å². The van der Waals surface area contributed by atoms with Gasteiger partial charge in [-0.25, -0.2) is 10.2 Å². The molecule has 0 atom stereocenters. The normalized spacial score (nSPS) is 11.1. The van der Waals surface area contributed by atoms with Crippen molar-refractivity contribution in [3.8, 4) is 0 Å². The fourth-order valence-electron chi connectivity index (χ4n) is 3.28. The SMILES string of the molecule is O=C(O)c1ccc(/C=N/NC(=O)c2cn(Cc3ccc(Cl)cc3)c3ccccc23)cc1. The first-order valence-electron chi connectivity index (χ1n) is 9.50. The quantitative estimate of drug-likeness (QED) is 0.339. The van der Waals surface area contributed by atoms with Crippen molar-refractivity contribution in [1.29, 1.82) is 0 Å². The first kappa shape index (κ1) is 20.4. The predicted molar refractivity (Wildman–Crippen MR) is 121 cm³/mol. The Kier molecular flexibility index (Phi) is 5.82. The average Bonchev–Trinajstić information content (AvgIpc) is 3.14. The second kappa shape index (κ2) is 8.85. The van der Waals surface area contributed by atoms with Crippen LogP contribution in [-0.2, 0) is 6.54 Å². The van der Waals surface area contributed by atoms with Gasteiger partial charge in [0.15, 0.2) is 0 Å². The summed E-state index contributed by atoms with van der Waals surface area (Å²) >= 11 is 5.97. The van der Waals surface area contributed by atoms with Gasteiger partial charge in [-0.2, -0.15) is 5.10 Å². The lowest BCUT2D eigenvalue weighted by molar-refractivity contribution is 0.0696. The first-order valence-corrected chi connectivity index (χ1v) is 9.88. The number of aromatic nitrogens is 1. The molecule has 1 aromatic heterocycles. The molecule has 0 radical (unpaired) electrons. The van der Waals surface area contributed by atoms with Crippen LogP contribution in [0.5, 0.6) is 0 Å². The number of nitrogens with one attached hydrogen (secondary N) is 1. The third-order valence-corrected chi connectivity index (χ3v) is 5.09. The van der Waals surface area contributed by atoms with Crippen molar-refractivity contribution in [2.45, 2.75) is 6.54 Å². The second-order valence-electron chi connectivity index (χ2n) is 6.94. The highest BCUT2D eigenvalue weighted by Crippen LogP contribution is 2.23. The van der Waals surface area contributed by atoms with E-state index in [2.05, 4.69) is 10.5 Å². The van der Waals surface area contributed by atoms with Crippen molar-refractivity contribution in [3.05, 3.63) is 106 Å². The van der Waals surface area contributed by atoms with E-state index >= 15 is 0 Å². The Bertz CT molecular complexity index is 1280. The number of hydrogen-bond acceptors (Lipinski definition) is 3. The molecule has 0 spiro atoms. The number of carbonyl (C=O) groups is 2. The topological polar surface area (TPSA) is 83.7 Å². The minimum atomic E-state index is -0.994. The summed E-state index contributed by atoms with van der Waals surface area (Å²) in [6.07, 6.45) is 3.28. The van der Waals surface area contributed by atoms with E-state index < -0.39 is 5.97 Å². The molecule has 6 nitrogen and oxygen atoms in total. The molecule has 7 heteroatoms. The molecule has 2 N–H and O–H groups in total. The minimum Gasteiger partial charge on any atom is -0.478 e. The Morgan fingerprint density at radius 2 is 1.71 bits per heavy atom. The number of nitrogens with zero attached hydrogens (tertiary/aromatic N) is 2. The zero-order valence-electron chi connectivity index (χ0n) is 16.3. The molecule has 4 aromatic rings. The summed E-state index contributed by atoms with van der Waals surface area (Å²) in [4.78, 5) is 23.7. The lowest BCUT2D eigenvalue weighted by atomic mass is 10.1. The highest BCUT2D eigenvalue weighted by molar-refractivity contribution is 6.30. The van der Waals surface area contributed by atoms with Crippen molar-refractivity contribution >= 4 is 40.6 Å². The Hall–Kier alpha value is -3.90. The molecule has 0 saturated carbocycles. The van der Waals surface area contributed by atoms with Crippen LogP contribution in [0.15, 0.2) is 84.1 Å². The number of aromatic carboxylic acids is 1. The second-order valence-corrected chi connectivity index (χ2v) is 7.38. The Morgan fingerprint density at radius 1 is 1.00 bits per heavy atom. The van der Waals surface area contributed by atoms with E-state index in [-0.39, 0.29) is 11.5 Å². The third-order valence-electron chi connectivity index (χ3n) is 4.84. The van der Waals surface area contributed by atoms with Crippen molar-refractivity contribution in [2.75, 3.05) is 0 Å². The Morgan fingerprint density at radius 3 is 2.42 bits per heavy atom. The number of halogens is 1. The van der Waals surface area contributed by atoms with Crippen LogP contribution < -0.4 is 5.43 Å². The number of carbonyl (C=O) groups excluding carboxylic acids is 1. The van der Waals surface area contributed by atoms with E-state index in [9.17, 15) is 9.59 Å². The molecule has 0 aliphatic rings. The van der Waals surface area contributed by atoms with Crippen LogP contribution in [0, 0.1) is 0 Å². The number of amides is 1. The summed E-state index contributed by atoms with van der Waals surface area (Å²) in [6.45, 7) is 0.601. The number of hydrazone groups is 1. The molecule has 154 valence electrons. The number of carboxylic acid groups (broad SMARTS) is 1. The van der Waals surface area contributed by atoms with E-state index in [1.165, 1.54) is 18.3 Å². The number of benzene rings is 3.